The molecule has 0 radical (unpaired) electrons. The van der Waals surface area contributed by atoms with E-state index < -0.39 is 0 Å². The first-order valence-corrected chi connectivity index (χ1v) is 8.98. The second kappa shape index (κ2) is 8.77. The third-order valence-electron chi connectivity index (χ3n) is 4.57. The van der Waals surface area contributed by atoms with Gasteiger partial charge in [-0.3, -0.25) is 4.79 Å². The lowest BCUT2D eigenvalue weighted by molar-refractivity contribution is 0.0947. The van der Waals surface area contributed by atoms with Crippen molar-refractivity contribution in [3.8, 4) is 11.1 Å². The highest BCUT2D eigenvalue weighted by Crippen LogP contribution is 2.20. The van der Waals surface area contributed by atoms with Crippen molar-refractivity contribution >= 4 is 5.91 Å². The van der Waals surface area contributed by atoms with E-state index in [1.807, 2.05) is 18.2 Å². The van der Waals surface area contributed by atoms with Gasteiger partial charge in [0.25, 0.3) is 5.91 Å². The maximum atomic E-state index is 13.3. The highest BCUT2D eigenvalue weighted by Gasteiger charge is 2.14. The van der Waals surface area contributed by atoms with Gasteiger partial charge in [-0.1, -0.05) is 24.3 Å². The number of hydrogen-bond donors (Lipinski definition) is 1. The molecule has 1 heterocycles. The van der Waals surface area contributed by atoms with Crippen LogP contribution in [0.15, 0.2) is 48.5 Å². The smallest absolute Gasteiger partial charge is 0.251 e. The lowest BCUT2D eigenvalue weighted by atomic mass is 10.0. The van der Waals surface area contributed by atoms with Crippen LogP contribution in [0.1, 0.15) is 42.5 Å². The van der Waals surface area contributed by atoms with Crippen molar-refractivity contribution < 1.29 is 13.9 Å². The van der Waals surface area contributed by atoms with Crippen molar-refractivity contribution in [2.75, 3.05) is 13.2 Å². The molecule has 1 N–H and O–H groups in total. The number of ether oxygens (including phenoxy) is 1. The zero-order valence-electron chi connectivity index (χ0n) is 14.3. The molecule has 0 aliphatic carbocycles. The number of hydrogen-bond acceptors (Lipinski definition) is 2. The van der Waals surface area contributed by atoms with E-state index in [1.165, 1.54) is 25.0 Å². The normalized spacial score (nSPS) is 16.8. The Morgan fingerprint density at radius 2 is 1.96 bits per heavy atom. The number of nitrogens with one attached hydrogen (secondary N) is 1. The van der Waals surface area contributed by atoms with Gasteiger partial charge in [0.15, 0.2) is 0 Å². The summed E-state index contributed by atoms with van der Waals surface area (Å²) < 4.78 is 18.9. The van der Waals surface area contributed by atoms with E-state index in [4.69, 9.17) is 4.74 Å². The van der Waals surface area contributed by atoms with Gasteiger partial charge in [-0.2, -0.15) is 0 Å². The van der Waals surface area contributed by atoms with Gasteiger partial charge in [-0.15, -0.1) is 0 Å². The predicted molar refractivity (Wildman–Crippen MR) is 97.0 cm³/mol. The van der Waals surface area contributed by atoms with Gasteiger partial charge in [0.2, 0.25) is 0 Å². The van der Waals surface area contributed by atoms with E-state index in [0.29, 0.717) is 18.2 Å². The average Bonchev–Trinajstić information content (AvgIpc) is 3.15. The SMILES string of the molecule is O=C(NCCCC[C@@H]1CCCO1)c1ccc(-c2cccc(F)c2)cc1. The maximum absolute atomic E-state index is 13.3. The minimum absolute atomic E-state index is 0.0668. The molecule has 1 atom stereocenters. The number of amides is 1. The van der Waals surface area contributed by atoms with Crippen LogP contribution in [0.25, 0.3) is 11.1 Å². The van der Waals surface area contributed by atoms with E-state index in [-0.39, 0.29) is 11.7 Å². The summed E-state index contributed by atoms with van der Waals surface area (Å²) in [5, 5.41) is 2.95. The fourth-order valence-electron chi connectivity index (χ4n) is 3.16. The van der Waals surface area contributed by atoms with Crippen LogP contribution in [0.5, 0.6) is 0 Å². The van der Waals surface area contributed by atoms with E-state index in [9.17, 15) is 9.18 Å². The number of halogens is 1. The standard InChI is InChI=1S/C21H24FNO2/c22-19-6-3-5-18(15-19)16-9-11-17(12-10-16)21(24)23-13-2-1-7-20-8-4-14-25-20/h3,5-6,9-12,15,20H,1-2,4,7-8,13-14H2,(H,23,24)/t20-/m1/s1. The molecule has 2 aromatic rings. The molecule has 4 heteroatoms. The number of carbonyl (C=O) groups is 1. The Morgan fingerprint density at radius 1 is 1.12 bits per heavy atom. The van der Waals surface area contributed by atoms with E-state index in [1.54, 1.807) is 18.2 Å². The monoisotopic (exact) mass is 341 g/mol. The topological polar surface area (TPSA) is 38.3 Å². The highest BCUT2D eigenvalue weighted by molar-refractivity contribution is 5.94. The Morgan fingerprint density at radius 3 is 2.68 bits per heavy atom. The molecule has 1 fully saturated rings. The Hall–Kier alpha value is -2.20. The first kappa shape index (κ1) is 17.6. The van der Waals surface area contributed by atoms with E-state index in [0.717, 1.165) is 37.0 Å². The second-order valence-electron chi connectivity index (χ2n) is 6.47. The number of carbonyl (C=O) groups excluding carboxylic acids is 1. The van der Waals surface area contributed by atoms with Crippen molar-refractivity contribution in [1.82, 2.24) is 5.32 Å². The molecule has 0 bridgehead atoms. The zero-order chi connectivity index (χ0) is 17.5. The molecule has 2 aromatic carbocycles. The molecule has 3 rings (SSSR count). The molecule has 0 unspecified atom stereocenters. The van der Waals surface area contributed by atoms with Gasteiger partial charge in [-0.05, 0) is 67.5 Å². The second-order valence-corrected chi connectivity index (χ2v) is 6.47. The lowest BCUT2D eigenvalue weighted by Crippen LogP contribution is -2.24. The molecule has 1 aliphatic heterocycles. The molecule has 132 valence electrons. The number of rotatable bonds is 7. The minimum atomic E-state index is -0.262. The third kappa shape index (κ3) is 5.13. The molecule has 1 saturated heterocycles. The zero-order valence-corrected chi connectivity index (χ0v) is 14.3. The molecule has 25 heavy (non-hydrogen) atoms. The van der Waals surface area contributed by atoms with E-state index in [2.05, 4.69) is 5.32 Å². The highest BCUT2D eigenvalue weighted by atomic mass is 19.1. The Kier molecular flexibility index (Phi) is 6.18. The van der Waals surface area contributed by atoms with Crippen molar-refractivity contribution in [1.29, 1.82) is 0 Å². The quantitative estimate of drug-likeness (QED) is 0.749. The van der Waals surface area contributed by atoms with Crippen LogP contribution in [0.2, 0.25) is 0 Å². The van der Waals surface area contributed by atoms with Crippen LogP contribution in [0, 0.1) is 5.82 Å². The molecule has 3 nitrogen and oxygen atoms in total. The largest absolute Gasteiger partial charge is 0.378 e. The molecule has 0 aromatic heterocycles. The lowest BCUT2D eigenvalue weighted by Gasteiger charge is -2.09. The summed E-state index contributed by atoms with van der Waals surface area (Å²) in [5.74, 6) is -0.328. The van der Waals surface area contributed by atoms with Crippen LogP contribution >= 0.6 is 0 Å². The average molecular weight is 341 g/mol. The molecule has 1 aliphatic rings. The fraction of sp³-hybridized carbons (Fsp3) is 0.381. The van der Waals surface area contributed by atoms with Gasteiger partial charge < -0.3 is 10.1 Å². The third-order valence-corrected chi connectivity index (χ3v) is 4.57. The summed E-state index contributed by atoms with van der Waals surface area (Å²) in [6, 6.07) is 13.7. The van der Waals surface area contributed by atoms with Gasteiger partial charge in [-0.25, -0.2) is 4.39 Å². The minimum Gasteiger partial charge on any atom is -0.378 e. The van der Waals surface area contributed by atoms with Crippen LogP contribution in [-0.4, -0.2) is 25.2 Å². The molecular formula is C21H24FNO2. The first-order valence-electron chi connectivity index (χ1n) is 8.98. The van der Waals surface area contributed by atoms with Crippen molar-refractivity contribution in [3.05, 3.63) is 59.9 Å². The van der Waals surface area contributed by atoms with E-state index >= 15 is 0 Å². The van der Waals surface area contributed by atoms with Gasteiger partial charge in [0.05, 0.1) is 6.10 Å². The Labute approximate surface area is 148 Å². The Balaban J connectivity index is 1.44. The summed E-state index contributed by atoms with van der Waals surface area (Å²) in [6.45, 7) is 1.57. The summed E-state index contributed by atoms with van der Waals surface area (Å²) >= 11 is 0. The van der Waals surface area contributed by atoms with Crippen molar-refractivity contribution in [2.24, 2.45) is 0 Å². The van der Waals surface area contributed by atoms with Crippen molar-refractivity contribution in [3.63, 3.8) is 0 Å². The molecule has 0 spiro atoms. The summed E-state index contributed by atoms with van der Waals surface area (Å²) in [4.78, 5) is 12.2. The molecule has 0 saturated carbocycles. The van der Waals surface area contributed by atoms with Crippen LogP contribution < -0.4 is 5.32 Å². The maximum Gasteiger partial charge on any atom is 0.251 e. The molecule has 1 amide bonds. The van der Waals surface area contributed by atoms with Gasteiger partial charge >= 0.3 is 0 Å². The van der Waals surface area contributed by atoms with Crippen LogP contribution in [0.3, 0.4) is 0 Å². The number of unbranched alkanes of at least 4 members (excludes halogenated alkanes) is 1. The summed E-state index contributed by atoms with van der Waals surface area (Å²) in [7, 11) is 0. The van der Waals surface area contributed by atoms with Crippen molar-refractivity contribution in [2.45, 2.75) is 38.2 Å². The van der Waals surface area contributed by atoms with Gasteiger partial charge in [0.1, 0.15) is 5.82 Å². The fourth-order valence-corrected chi connectivity index (χ4v) is 3.16. The first-order chi connectivity index (χ1) is 12.2. The Bertz CT molecular complexity index is 693. The summed E-state index contributed by atoms with van der Waals surface area (Å²) in [5.41, 5.74) is 2.33. The summed E-state index contributed by atoms with van der Waals surface area (Å²) in [6.07, 6.45) is 5.89. The predicted octanol–water partition coefficient (Wildman–Crippen LogP) is 4.57. The number of benzene rings is 2. The van der Waals surface area contributed by atoms with Crippen LogP contribution in [-0.2, 0) is 4.74 Å². The molecular weight excluding hydrogens is 317 g/mol. The van der Waals surface area contributed by atoms with Crippen LogP contribution in [0.4, 0.5) is 4.39 Å². The van der Waals surface area contributed by atoms with Gasteiger partial charge in [0, 0.05) is 18.7 Å².